The highest BCUT2D eigenvalue weighted by molar-refractivity contribution is 5.85. The molecule has 0 aliphatic carbocycles. The van der Waals surface area contributed by atoms with Crippen molar-refractivity contribution in [1.29, 1.82) is 0 Å². The van der Waals surface area contributed by atoms with Crippen LogP contribution in [-0.2, 0) is 9.59 Å². The minimum Gasteiger partial charge on any atom is -0.391 e. The van der Waals surface area contributed by atoms with Crippen molar-refractivity contribution >= 4 is 11.8 Å². The molecule has 0 unspecified atom stereocenters. The number of amides is 2. The fourth-order valence-electron chi connectivity index (χ4n) is 2.65. The smallest absolute Gasteiger partial charge is 0.242 e. The third-order valence-electron chi connectivity index (χ3n) is 3.75. The van der Waals surface area contributed by atoms with Gasteiger partial charge in [0.1, 0.15) is 0 Å². The lowest BCUT2D eigenvalue weighted by molar-refractivity contribution is -0.141. The summed E-state index contributed by atoms with van der Waals surface area (Å²) in [5.74, 6) is 0.0717. The number of likely N-dealkylation sites (tertiary alicyclic amines) is 2. The van der Waals surface area contributed by atoms with Crippen LogP contribution in [0.4, 0.5) is 0 Å². The van der Waals surface area contributed by atoms with Gasteiger partial charge in [0.2, 0.25) is 11.8 Å². The molecule has 2 aliphatic heterocycles. The fourth-order valence-corrected chi connectivity index (χ4v) is 2.65. The molecule has 0 aromatic heterocycles. The maximum absolute atomic E-state index is 12.1. The zero-order chi connectivity index (χ0) is 13.0. The highest BCUT2D eigenvalue weighted by Gasteiger charge is 2.25. The summed E-state index contributed by atoms with van der Waals surface area (Å²) in [5, 5.41) is 9.56. The van der Waals surface area contributed by atoms with Gasteiger partial charge in [0.05, 0.1) is 12.6 Å². The number of nitrogens with zero attached hydrogens (tertiary/aromatic N) is 2. The van der Waals surface area contributed by atoms with Crippen molar-refractivity contribution in [3.8, 4) is 0 Å². The largest absolute Gasteiger partial charge is 0.391 e. The van der Waals surface area contributed by atoms with Crippen LogP contribution in [0.2, 0.25) is 0 Å². The zero-order valence-electron chi connectivity index (χ0n) is 10.8. The summed E-state index contributed by atoms with van der Waals surface area (Å²) in [6, 6.07) is 0. The van der Waals surface area contributed by atoms with Crippen LogP contribution in [0.25, 0.3) is 0 Å². The monoisotopic (exact) mass is 254 g/mol. The summed E-state index contributed by atoms with van der Waals surface area (Å²) in [4.78, 5) is 27.3. The molecule has 0 saturated carbocycles. The van der Waals surface area contributed by atoms with E-state index >= 15 is 0 Å². The SMILES string of the molecule is O=C1CCCCCN1CC(=O)N1CCC[C@H](O)C1. The normalized spacial score (nSPS) is 26.1. The molecule has 2 fully saturated rings. The van der Waals surface area contributed by atoms with Gasteiger partial charge in [0.15, 0.2) is 0 Å². The topological polar surface area (TPSA) is 60.9 Å². The molecule has 2 heterocycles. The number of aliphatic hydroxyl groups is 1. The first-order chi connectivity index (χ1) is 8.66. The van der Waals surface area contributed by atoms with Crippen LogP contribution >= 0.6 is 0 Å². The Morgan fingerprint density at radius 2 is 2.06 bits per heavy atom. The van der Waals surface area contributed by atoms with E-state index in [0.29, 0.717) is 26.1 Å². The summed E-state index contributed by atoms with van der Waals surface area (Å²) < 4.78 is 0. The molecular weight excluding hydrogens is 232 g/mol. The van der Waals surface area contributed by atoms with E-state index in [4.69, 9.17) is 0 Å². The number of β-amino-alcohol motifs (C(OH)–C–C–N with tert-alkyl or cyclic N) is 1. The third kappa shape index (κ3) is 3.45. The first kappa shape index (κ1) is 13.3. The van der Waals surface area contributed by atoms with Crippen LogP contribution in [0.15, 0.2) is 0 Å². The molecule has 5 nitrogen and oxygen atoms in total. The van der Waals surface area contributed by atoms with Gasteiger partial charge in [0, 0.05) is 26.1 Å². The van der Waals surface area contributed by atoms with E-state index < -0.39 is 6.10 Å². The number of carbonyl (C=O) groups excluding carboxylic acids is 2. The highest BCUT2D eigenvalue weighted by atomic mass is 16.3. The Morgan fingerprint density at radius 1 is 1.22 bits per heavy atom. The van der Waals surface area contributed by atoms with E-state index in [1.54, 1.807) is 9.80 Å². The molecule has 0 spiro atoms. The first-order valence-electron chi connectivity index (χ1n) is 6.90. The first-order valence-corrected chi connectivity index (χ1v) is 6.90. The molecule has 0 aromatic carbocycles. The molecule has 1 N–H and O–H groups in total. The van der Waals surface area contributed by atoms with E-state index in [-0.39, 0.29) is 18.4 Å². The zero-order valence-corrected chi connectivity index (χ0v) is 10.8. The van der Waals surface area contributed by atoms with Crippen molar-refractivity contribution in [3.05, 3.63) is 0 Å². The second kappa shape index (κ2) is 6.18. The maximum atomic E-state index is 12.1. The lowest BCUT2D eigenvalue weighted by Crippen LogP contribution is -2.47. The van der Waals surface area contributed by atoms with Crippen LogP contribution in [0.1, 0.15) is 38.5 Å². The Hall–Kier alpha value is -1.10. The second-order valence-electron chi connectivity index (χ2n) is 5.26. The Labute approximate surface area is 108 Å². The van der Waals surface area contributed by atoms with Gasteiger partial charge in [-0.3, -0.25) is 9.59 Å². The average molecular weight is 254 g/mol. The van der Waals surface area contributed by atoms with Gasteiger partial charge >= 0.3 is 0 Å². The van der Waals surface area contributed by atoms with Crippen LogP contribution < -0.4 is 0 Å². The van der Waals surface area contributed by atoms with Crippen molar-refractivity contribution in [2.24, 2.45) is 0 Å². The molecule has 0 radical (unpaired) electrons. The Balaban J connectivity index is 1.87. The Kier molecular flexibility index (Phi) is 4.58. The lowest BCUT2D eigenvalue weighted by Gasteiger charge is -2.32. The molecule has 18 heavy (non-hydrogen) atoms. The van der Waals surface area contributed by atoms with Crippen molar-refractivity contribution in [2.45, 2.75) is 44.6 Å². The van der Waals surface area contributed by atoms with E-state index in [9.17, 15) is 14.7 Å². The molecule has 0 aromatic rings. The number of rotatable bonds is 2. The van der Waals surface area contributed by atoms with Crippen molar-refractivity contribution < 1.29 is 14.7 Å². The standard InChI is InChI=1S/C13H22N2O3/c16-11-5-4-8-14(9-11)13(18)10-15-7-3-1-2-6-12(15)17/h11,16H,1-10H2/t11-/m0/s1. The molecule has 1 atom stereocenters. The van der Waals surface area contributed by atoms with Gasteiger partial charge in [0.25, 0.3) is 0 Å². The van der Waals surface area contributed by atoms with E-state index in [1.807, 2.05) is 0 Å². The van der Waals surface area contributed by atoms with Crippen LogP contribution in [-0.4, -0.2) is 59.0 Å². The Morgan fingerprint density at radius 3 is 2.83 bits per heavy atom. The van der Waals surface area contributed by atoms with Gasteiger partial charge < -0.3 is 14.9 Å². The van der Waals surface area contributed by atoms with Gasteiger partial charge in [-0.05, 0) is 25.7 Å². The van der Waals surface area contributed by atoms with Crippen LogP contribution in [0.5, 0.6) is 0 Å². The van der Waals surface area contributed by atoms with Gasteiger partial charge in [-0.2, -0.15) is 0 Å². The number of piperidine rings is 1. The summed E-state index contributed by atoms with van der Waals surface area (Å²) in [5.41, 5.74) is 0. The number of hydrogen-bond acceptors (Lipinski definition) is 3. The average Bonchev–Trinajstić information content (AvgIpc) is 2.55. The summed E-state index contributed by atoms with van der Waals surface area (Å²) in [6.45, 7) is 2.01. The number of carbonyl (C=O) groups is 2. The van der Waals surface area contributed by atoms with Crippen molar-refractivity contribution in [2.75, 3.05) is 26.2 Å². The molecule has 0 bridgehead atoms. The summed E-state index contributed by atoms with van der Waals surface area (Å²) in [6.07, 6.45) is 4.78. The fraction of sp³-hybridized carbons (Fsp3) is 0.846. The van der Waals surface area contributed by atoms with Gasteiger partial charge in [-0.1, -0.05) is 6.42 Å². The molecule has 2 rings (SSSR count). The molecule has 2 aliphatic rings. The lowest BCUT2D eigenvalue weighted by atomic mass is 10.1. The minimum absolute atomic E-state index is 0.0241. The second-order valence-corrected chi connectivity index (χ2v) is 5.26. The molecule has 5 heteroatoms. The summed E-state index contributed by atoms with van der Waals surface area (Å²) in [7, 11) is 0. The number of hydrogen-bond donors (Lipinski definition) is 1. The van der Waals surface area contributed by atoms with E-state index in [2.05, 4.69) is 0 Å². The summed E-state index contributed by atoms with van der Waals surface area (Å²) >= 11 is 0. The van der Waals surface area contributed by atoms with Gasteiger partial charge in [-0.15, -0.1) is 0 Å². The predicted molar refractivity (Wildman–Crippen MR) is 66.9 cm³/mol. The van der Waals surface area contributed by atoms with Crippen molar-refractivity contribution in [1.82, 2.24) is 9.80 Å². The van der Waals surface area contributed by atoms with E-state index in [1.165, 1.54) is 0 Å². The van der Waals surface area contributed by atoms with Crippen LogP contribution in [0, 0.1) is 0 Å². The molecule has 2 amide bonds. The van der Waals surface area contributed by atoms with Gasteiger partial charge in [-0.25, -0.2) is 0 Å². The molecule has 2 saturated heterocycles. The highest BCUT2D eigenvalue weighted by Crippen LogP contribution is 2.13. The third-order valence-corrected chi connectivity index (χ3v) is 3.75. The minimum atomic E-state index is -0.400. The molecule has 102 valence electrons. The van der Waals surface area contributed by atoms with E-state index in [0.717, 1.165) is 32.1 Å². The predicted octanol–water partition coefficient (Wildman–Crippen LogP) is 0.372. The Bertz CT molecular complexity index is 319. The van der Waals surface area contributed by atoms with Crippen LogP contribution in [0.3, 0.4) is 0 Å². The quantitative estimate of drug-likeness (QED) is 0.774. The number of aliphatic hydroxyl groups excluding tert-OH is 1. The van der Waals surface area contributed by atoms with Crippen molar-refractivity contribution in [3.63, 3.8) is 0 Å². The maximum Gasteiger partial charge on any atom is 0.242 e. The molecular formula is C13H22N2O3.